The van der Waals surface area contributed by atoms with Crippen molar-refractivity contribution in [2.24, 2.45) is 0 Å². The van der Waals surface area contributed by atoms with Crippen molar-refractivity contribution in [1.29, 1.82) is 0 Å². The van der Waals surface area contributed by atoms with Crippen LogP contribution < -0.4 is 4.90 Å². The van der Waals surface area contributed by atoms with Gasteiger partial charge in [0.1, 0.15) is 0 Å². The quantitative estimate of drug-likeness (QED) is 0.790. The number of piperidine rings is 1. The second-order valence-corrected chi connectivity index (χ2v) is 9.34. The summed E-state index contributed by atoms with van der Waals surface area (Å²) in [5, 5.41) is 3.27. The van der Waals surface area contributed by atoms with E-state index in [0.29, 0.717) is 0 Å². The molecule has 0 bridgehead atoms. The van der Waals surface area contributed by atoms with Crippen molar-refractivity contribution in [1.82, 2.24) is 14.8 Å². The molecule has 0 saturated carbocycles. The van der Waals surface area contributed by atoms with Gasteiger partial charge in [-0.3, -0.25) is 9.80 Å². The summed E-state index contributed by atoms with van der Waals surface area (Å²) in [6.45, 7) is 11.0. The highest BCUT2D eigenvalue weighted by atomic mass is 32.1. The minimum absolute atomic E-state index is 0.767. The first-order valence-corrected chi connectivity index (χ1v) is 11.5. The molecule has 1 aromatic carbocycles. The van der Waals surface area contributed by atoms with E-state index in [9.17, 15) is 0 Å². The Morgan fingerprint density at radius 1 is 0.929 bits per heavy atom. The van der Waals surface area contributed by atoms with Gasteiger partial charge in [0.2, 0.25) is 0 Å². The third-order valence-electron chi connectivity index (χ3n) is 6.58. The van der Waals surface area contributed by atoms with Gasteiger partial charge in [0.25, 0.3) is 0 Å². The van der Waals surface area contributed by atoms with Crippen LogP contribution in [0.5, 0.6) is 0 Å². The smallest absolute Gasteiger partial charge is 0.0901 e. The Balaban J connectivity index is 1.11. The SMILES string of the molecule is Cc1nc(-c2ccc(N3CCC(N4CC(N5CCOCC5)C4)CC3)cc2)cs1. The monoisotopic (exact) mass is 398 g/mol. The predicted molar refractivity (Wildman–Crippen MR) is 115 cm³/mol. The van der Waals surface area contributed by atoms with Gasteiger partial charge in [0.15, 0.2) is 0 Å². The number of hydrogen-bond donors (Lipinski definition) is 0. The highest BCUT2D eigenvalue weighted by Crippen LogP contribution is 2.29. The third-order valence-corrected chi connectivity index (χ3v) is 7.35. The number of ether oxygens (including phenoxy) is 1. The van der Waals surface area contributed by atoms with Crippen LogP contribution in [0.4, 0.5) is 5.69 Å². The zero-order chi connectivity index (χ0) is 18.9. The van der Waals surface area contributed by atoms with E-state index in [1.165, 1.54) is 50.3 Å². The van der Waals surface area contributed by atoms with Crippen LogP contribution in [-0.2, 0) is 4.74 Å². The molecule has 5 nitrogen and oxygen atoms in total. The number of morpholine rings is 1. The standard InChI is InChI=1S/C22H30N4OS/c1-17-23-22(16-28-17)18-2-4-19(5-3-18)24-8-6-20(7-9-24)26-14-21(15-26)25-10-12-27-13-11-25/h2-5,16,20-21H,6-15H2,1H3. The highest BCUT2D eigenvalue weighted by molar-refractivity contribution is 7.09. The molecule has 3 saturated heterocycles. The molecule has 4 heterocycles. The van der Waals surface area contributed by atoms with Gasteiger partial charge in [0.05, 0.1) is 23.9 Å². The maximum atomic E-state index is 5.49. The lowest BCUT2D eigenvalue weighted by molar-refractivity contribution is -0.0481. The highest BCUT2D eigenvalue weighted by Gasteiger charge is 2.37. The van der Waals surface area contributed by atoms with Crippen molar-refractivity contribution in [3.05, 3.63) is 34.7 Å². The van der Waals surface area contributed by atoms with Crippen LogP contribution in [0.25, 0.3) is 11.3 Å². The van der Waals surface area contributed by atoms with Crippen molar-refractivity contribution in [2.75, 3.05) is 57.4 Å². The van der Waals surface area contributed by atoms with Crippen LogP contribution in [0.2, 0.25) is 0 Å². The molecule has 6 heteroatoms. The lowest BCUT2D eigenvalue weighted by Gasteiger charge is -2.51. The predicted octanol–water partition coefficient (Wildman–Crippen LogP) is 3.10. The summed E-state index contributed by atoms with van der Waals surface area (Å²) in [5.41, 5.74) is 3.67. The molecule has 3 aliphatic rings. The number of rotatable bonds is 4. The van der Waals surface area contributed by atoms with Gasteiger partial charge in [-0.1, -0.05) is 12.1 Å². The minimum Gasteiger partial charge on any atom is -0.379 e. The average Bonchev–Trinajstić information content (AvgIpc) is 3.15. The fourth-order valence-electron chi connectivity index (χ4n) is 4.79. The molecule has 1 aromatic heterocycles. The molecule has 0 unspecified atom stereocenters. The fraction of sp³-hybridized carbons (Fsp3) is 0.591. The molecule has 2 aromatic rings. The second kappa shape index (κ2) is 8.11. The first kappa shape index (κ1) is 18.6. The number of aromatic nitrogens is 1. The molecule has 28 heavy (non-hydrogen) atoms. The number of hydrogen-bond acceptors (Lipinski definition) is 6. The number of thiazole rings is 1. The van der Waals surface area contributed by atoms with Crippen molar-refractivity contribution >= 4 is 17.0 Å². The molecule has 0 amide bonds. The zero-order valence-corrected chi connectivity index (χ0v) is 17.5. The van der Waals surface area contributed by atoms with Gasteiger partial charge < -0.3 is 9.64 Å². The number of benzene rings is 1. The Kier molecular flexibility index (Phi) is 5.37. The largest absolute Gasteiger partial charge is 0.379 e. The molecular formula is C22H30N4OS. The van der Waals surface area contributed by atoms with Crippen LogP contribution in [0.3, 0.4) is 0 Å². The van der Waals surface area contributed by atoms with Gasteiger partial charge in [-0.05, 0) is 31.9 Å². The summed E-state index contributed by atoms with van der Waals surface area (Å²) in [5.74, 6) is 0. The molecule has 3 aliphatic heterocycles. The van der Waals surface area contributed by atoms with Crippen LogP contribution in [0.1, 0.15) is 17.8 Å². The Morgan fingerprint density at radius 2 is 1.64 bits per heavy atom. The summed E-state index contributed by atoms with van der Waals surface area (Å²) < 4.78 is 5.49. The van der Waals surface area contributed by atoms with Crippen molar-refractivity contribution < 1.29 is 4.74 Å². The number of aryl methyl sites for hydroxylation is 1. The summed E-state index contributed by atoms with van der Waals surface area (Å²) in [4.78, 5) is 12.5. The van der Waals surface area contributed by atoms with Gasteiger partial charge >= 0.3 is 0 Å². The fourth-order valence-corrected chi connectivity index (χ4v) is 5.41. The number of anilines is 1. The second-order valence-electron chi connectivity index (χ2n) is 8.27. The summed E-state index contributed by atoms with van der Waals surface area (Å²) >= 11 is 1.72. The van der Waals surface area contributed by atoms with Crippen LogP contribution in [0, 0.1) is 6.92 Å². The molecule has 0 aliphatic carbocycles. The normalized spacial score (nSPS) is 23.1. The molecule has 3 fully saturated rings. The number of nitrogens with zero attached hydrogens (tertiary/aromatic N) is 4. The molecule has 150 valence electrons. The molecule has 0 radical (unpaired) electrons. The summed E-state index contributed by atoms with van der Waals surface area (Å²) in [6, 6.07) is 10.5. The van der Waals surface area contributed by atoms with E-state index in [1.54, 1.807) is 11.3 Å². The minimum atomic E-state index is 0.767. The number of likely N-dealkylation sites (tertiary alicyclic amines) is 1. The topological polar surface area (TPSA) is 31.8 Å². The van der Waals surface area contributed by atoms with E-state index in [4.69, 9.17) is 4.74 Å². The van der Waals surface area contributed by atoms with E-state index >= 15 is 0 Å². The summed E-state index contributed by atoms with van der Waals surface area (Å²) in [7, 11) is 0. The summed E-state index contributed by atoms with van der Waals surface area (Å²) in [6.07, 6.45) is 2.56. The van der Waals surface area contributed by atoms with Gasteiger partial charge in [-0.25, -0.2) is 4.98 Å². The Labute approximate surface area is 171 Å². The van der Waals surface area contributed by atoms with E-state index in [0.717, 1.165) is 49.1 Å². The molecule has 0 N–H and O–H groups in total. The first-order valence-electron chi connectivity index (χ1n) is 10.6. The Morgan fingerprint density at radius 3 is 2.29 bits per heavy atom. The molecule has 0 atom stereocenters. The van der Waals surface area contributed by atoms with Gasteiger partial charge in [-0.2, -0.15) is 0 Å². The lowest BCUT2D eigenvalue weighted by Crippen LogP contribution is -2.64. The van der Waals surface area contributed by atoms with Crippen LogP contribution in [0.15, 0.2) is 29.6 Å². The average molecular weight is 399 g/mol. The van der Waals surface area contributed by atoms with Crippen LogP contribution in [-0.4, -0.2) is 79.3 Å². The van der Waals surface area contributed by atoms with Gasteiger partial charge in [-0.15, -0.1) is 11.3 Å². The molecule has 5 rings (SSSR count). The van der Waals surface area contributed by atoms with E-state index < -0.39 is 0 Å². The van der Waals surface area contributed by atoms with Crippen molar-refractivity contribution in [3.8, 4) is 11.3 Å². The lowest BCUT2D eigenvalue weighted by atomic mass is 9.96. The van der Waals surface area contributed by atoms with Gasteiger partial charge in [0, 0.05) is 68.0 Å². The Hall–Kier alpha value is -1.47. The van der Waals surface area contributed by atoms with E-state index in [2.05, 4.69) is 56.3 Å². The van der Waals surface area contributed by atoms with Crippen LogP contribution >= 0.6 is 11.3 Å². The first-order chi connectivity index (χ1) is 13.8. The van der Waals surface area contributed by atoms with Crippen molar-refractivity contribution in [3.63, 3.8) is 0 Å². The molecular weight excluding hydrogens is 368 g/mol. The maximum Gasteiger partial charge on any atom is 0.0901 e. The zero-order valence-electron chi connectivity index (χ0n) is 16.7. The van der Waals surface area contributed by atoms with E-state index in [-0.39, 0.29) is 0 Å². The maximum absolute atomic E-state index is 5.49. The van der Waals surface area contributed by atoms with Crippen molar-refractivity contribution in [2.45, 2.75) is 31.8 Å². The van der Waals surface area contributed by atoms with E-state index in [1.807, 2.05) is 0 Å². The third kappa shape index (κ3) is 3.83. The molecule has 0 spiro atoms. The Bertz CT molecular complexity index is 772.